The molecule has 3 rings (SSSR count). The van der Waals surface area contributed by atoms with Crippen molar-refractivity contribution in [3.8, 4) is 11.4 Å². The van der Waals surface area contributed by atoms with Crippen molar-refractivity contribution in [3.05, 3.63) is 29.8 Å². The quantitative estimate of drug-likeness (QED) is 0.712. The Bertz CT molecular complexity index is 839. The Morgan fingerprint density at radius 2 is 2.24 bits per heavy atom. The van der Waals surface area contributed by atoms with Crippen LogP contribution in [0.15, 0.2) is 24.3 Å². The molecule has 25 heavy (non-hydrogen) atoms. The fraction of sp³-hybridized carbons (Fsp3) is 0.429. The molecule has 1 aromatic heterocycles. The average Bonchev–Trinajstić information content (AvgIpc) is 3.14. The molecular weight excluding hydrogens is 348 g/mol. The Labute approximate surface area is 144 Å². The van der Waals surface area contributed by atoms with Crippen LogP contribution in [0.5, 0.6) is 0 Å². The summed E-state index contributed by atoms with van der Waals surface area (Å²) in [5.41, 5.74) is 0.954. The standard InChI is InChI=1S/C14H18N6O4S/c1-25(22,23)20-6-7-24-10(9-20)8-15-14(21)12-5-3-2-4-11(12)13-16-18-19-17-13/h2-5,10H,6-9H2,1H3,(H,15,21)(H,16,17,18,19)/t10-/m0/s1. The number of H-pyrrole nitrogens is 1. The lowest BCUT2D eigenvalue weighted by atomic mass is 10.1. The van der Waals surface area contributed by atoms with E-state index < -0.39 is 16.1 Å². The smallest absolute Gasteiger partial charge is 0.252 e. The van der Waals surface area contributed by atoms with E-state index in [0.29, 0.717) is 30.1 Å². The molecule has 0 unspecified atom stereocenters. The van der Waals surface area contributed by atoms with Crippen LogP contribution in [0.2, 0.25) is 0 Å². The number of hydrogen-bond acceptors (Lipinski definition) is 7. The summed E-state index contributed by atoms with van der Waals surface area (Å²) < 4.78 is 30.1. The first-order valence-electron chi connectivity index (χ1n) is 7.63. The third-order valence-electron chi connectivity index (χ3n) is 3.82. The van der Waals surface area contributed by atoms with Crippen LogP contribution in [0.4, 0.5) is 0 Å². The Morgan fingerprint density at radius 1 is 1.44 bits per heavy atom. The van der Waals surface area contributed by atoms with Crippen molar-refractivity contribution in [2.45, 2.75) is 6.10 Å². The molecule has 2 aromatic rings. The summed E-state index contributed by atoms with van der Waals surface area (Å²) in [6, 6.07) is 6.89. The van der Waals surface area contributed by atoms with Crippen molar-refractivity contribution in [1.82, 2.24) is 30.2 Å². The van der Waals surface area contributed by atoms with E-state index >= 15 is 0 Å². The molecule has 1 amide bonds. The van der Waals surface area contributed by atoms with E-state index in [-0.39, 0.29) is 19.0 Å². The van der Waals surface area contributed by atoms with Crippen molar-refractivity contribution < 1.29 is 17.9 Å². The van der Waals surface area contributed by atoms with E-state index in [1.165, 1.54) is 4.31 Å². The summed E-state index contributed by atoms with van der Waals surface area (Å²) in [5.74, 6) is 0.00315. The highest BCUT2D eigenvalue weighted by Crippen LogP contribution is 2.19. The lowest BCUT2D eigenvalue weighted by Crippen LogP contribution is -2.49. The summed E-state index contributed by atoms with van der Waals surface area (Å²) in [6.07, 6.45) is 0.763. The van der Waals surface area contributed by atoms with Gasteiger partial charge in [0.25, 0.3) is 5.91 Å². The number of rotatable bonds is 5. The van der Waals surface area contributed by atoms with Gasteiger partial charge < -0.3 is 10.1 Å². The molecule has 1 saturated heterocycles. The number of ether oxygens (including phenoxy) is 1. The molecule has 0 saturated carbocycles. The van der Waals surface area contributed by atoms with Crippen molar-refractivity contribution >= 4 is 15.9 Å². The summed E-state index contributed by atoms with van der Waals surface area (Å²) in [4.78, 5) is 12.5. The van der Waals surface area contributed by atoms with Gasteiger partial charge in [-0.3, -0.25) is 4.79 Å². The predicted octanol–water partition coefficient (Wildman–Crippen LogP) is -0.743. The van der Waals surface area contributed by atoms with Gasteiger partial charge in [0, 0.05) is 25.2 Å². The predicted molar refractivity (Wildman–Crippen MR) is 88.1 cm³/mol. The van der Waals surface area contributed by atoms with Crippen LogP contribution in [-0.4, -0.2) is 77.9 Å². The van der Waals surface area contributed by atoms with Crippen molar-refractivity contribution in [3.63, 3.8) is 0 Å². The second-order valence-electron chi connectivity index (χ2n) is 5.60. The maximum Gasteiger partial charge on any atom is 0.252 e. The summed E-state index contributed by atoms with van der Waals surface area (Å²) in [6.45, 7) is 1.04. The van der Waals surface area contributed by atoms with Crippen molar-refractivity contribution in [1.29, 1.82) is 0 Å². The first-order chi connectivity index (χ1) is 11.9. The molecule has 0 aliphatic carbocycles. The number of hydrogen-bond donors (Lipinski definition) is 2. The Morgan fingerprint density at radius 3 is 2.96 bits per heavy atom. The molecule has 1 aromatic carbocycles. The normalized spacial score (nSPS) is 18.8. The van der Waals surface area contributed by atoms with E-state index in [1.807, 2.05) is 0 Å². The molecular formula is C14H18N6O4S. The summed E-state index contributed by atoms with van der Waals surface area (Å²) in [7, 11) is -3.27. The molecule has 134 valence electrons. The monoisotopic (exact) mass is 366 g/mol. The number of amides is 1. The van der Waals surface area contributed by atoms with Gasteiger partial charge in [0.1, 0.15) is 0 Å². The van der Waals surface area contributed by atoms with Gasteiger partial charge in [-0.25, -0.2) is 8.42 Å². The number of sulfonamides is 1. The Hall–Kier alpha value is -2.37. The highest BCUT2D eigenvalue weighted by Gasteiger charge is 2.27. The van der Waals surface area contributed by atoms with Crippen LogP contribution >= 0.6 is 0 Å². The van der Waals surface area contributed by atoms with Crippen LogP contribution < -0.4 is 5.32 Å². The maximum atomic E-state index is 12.5. The number of nitrogens with one attached hydrogen (secondary N) is 2. The molecule has 1 aliphatic rings. The minimum absolute atomic E-state index is 0.200. The van der Waals surface area contributed by atoms with Gasteiger partial charge in [-0.05, 0) is 11.3 Å². The van der Waals surface area contributed by atoms with Gasteiger partial charge >= 0.3 is 0 Å². The fourth-order valence-electron chi connectivity index (χ4n) is 2.57. The summed E-state index contributed by atoms with van der Waals surface area (Å²) >= 11 is 0. The van der Waals surface area contributed by atoms with E-state index in [4.69, 9.17) is 4.74 Å². The molecule has 0 radical (unpaired) electrons. The zero-order chi connectivity index (χ0) is 17.9. The number of tetrazole rings is 1. The number of aromatic amines is 1. The topological polar surface area (TPSA) is 130 Å². The van der Waals surface area contributed by atoms with Gasteiger partial charge in [-0.15, -0.1) is 10.2 Å². The van der Waals surface area contributed by atoms with Crippen LogP contribution in [0.3, 0.4) is 0 Å². The summed E-state index contributed by atoms with van der Waals surface area (Å²) in [5, 5.41) is 16.4. The Kier molecular flexibility index (Phi) is 5.06. The van der Waals surface area contributed by atoms with Crippen LogP contribution in [0, 0.1) is 0 Å². The molecule has 0 spiro atoms. The van der Waals surface area contributed by atoms with Crippen LogP contribution in [0.25, 0.3) is 11.4 Å². The van der Waals surface area contributed by atoms with Crippen molar-refractivity contribution in [2.75, 3.05) is 32.5 Å². The second-order valence-corrected chi connectivity index (χ2v) is 7.59. The SMILES string of the molecule is CS(=O)(=O)N1CCO[C@@H](CNC(=O)c2ccccc2-c2nn[nH]n2)C1. The molecule has 2 N–H and O–H groups in total. The van der Waals surface area contributed by atoms with Crippen molar-refractivity contribution in [2.24, 2.45) is 0 Å². The van der Waals surface area contributed by atoms with Gasteiger partial charge in [-0.2, -0.15) is 9.52 Å². The zero-order valence-corrected chi connectivity index (χ0v) is 14.4. The minimum Gasteiger partial charge on any atom is -0.374 e. The lowest BCUT2D eigenvalue weighted by Gasteiger charge is -2.31. The molecule has 0 bridgehead atoms. The first-order valence-corrected chi connectivity index (χ1v) is 9.48. The van der Waals surface area contributed by atoms with Gasteiger partial charge in [0.15, 0.2) is 0 Å². The average molecular weight is 366 g/mol. The van der Waals surface area contributed by atoms with E-state index in [0.717, 1.165) is 6.26 Å². The second kappa shape index (κ2) is 7.25. The number of morpholine rings is 1. The third-order valence-corrected chi connectivity index (χ3v) is 5.09. The van der Waals surface area contributed by atoms with Gasteiger partial charge in [0.2, 0.25) is 15.8 Å². The van der Waals surface area contributed by atoms with E-state index in [1.54, 1.807) is 24.3 Å². The number of carbonyl (C=O) groups is 1. The maximum absolute atomic E-state index is 12.5. The largest absolute Gasteiger partial charge is 0.374 e. The lowest BCUT2D eigenvalue weighted by molar-refractivity contribution is 0.000441. The molecule has 1 aliphatic heterocycles. The minimum atomic E-state index is -3.27. The van der Waals surface area contributed by atoms with Crippen LogP contribution in [-0.2, 0) is 14.8 Å². The third kappa shape index (κ3) is 4.18. The molecule has 10 nitrogen and oxygen atoms in total. The van der Waals surface area contributed by atoms with E-state index in [9.17, 15) is 13.2 Å². The fourth-order valence-corrected chi connectivity index (χ4v) is 3.41. The molecule has 1 fully saturated rings. The number of nitrogens with zero attached hydrogens (tertiary/aromatic N) is 4. The number of carbonyl (C=O) groups excluding carboxylic acids is 1. The number of aromatic nitrogens is 4. The Balaban J connectivity index is 1.66. The highest BCUT2D eigenvalue weighted by atomic mass is 32.2. The molecule has 2 heterocycles. The van der Waals surface area contributed by atoms with Gasteiger partial charge in [0.05, 0.1) is 24.5 Å². The molecule has 1 atom stereocenters. The van der Waals surface area contributed by atoms with Crippen LogP contribution in [0.1, 0.15) is 10.4 Å². The van der Waals surface area contributed by atoms with Gasteiger partial charge in [-0.1, -0.05) is 18.2 Å². The van der Waals surface area contributed by atoms with E-state index in [2.05, 4.69) is 25.9 Å². The zero-order valence-electron chi connectivity index (χ0n) is 13.5. The molecule has 11 heteroatoms. The first kappa shape index (κ1) is 17.5. The number of benzene rings is 1. The highest BCUT2D eigenvalue weighted by molar-refractivity contribution is 7.88.